The van der Waals surface area contributed by atoms with Gasteiger partial charge in [-0.3, -0.25) is 4.99 Å². The third-order valence-corrected chi connectivity index (χ3v) is 2.12. The lowest BCUT2D eigenvalue weighted by atomic mass is 10.1. The Kier molecular flexibility index (Phi) is 3.84. The van der Waals surface area contributed by atoms with Crippen LogP contribution >= 0.6 is 34.0 Å². The topological polar surface area (TPSA) is 50.4 Å². The van der Waals surface area contributed by atoms with Gasteiger partial charge in [-0.25, -0.2) is 0 Å². The van der Waals surface area contributed by atoms with Gasteiger partial charge in [0, 0.05) is 12.1 Å². The van der Waals surface area contributed by atoms with Crippen LogP contribution in [-0.4, -0.2) is 18.0 Å². The van der Waals surface area contributed by atoms with Crippen molar-refractivity contribution >= 4 is 39.9 Å². The van der Waals surface area contributed by atoms with E-state index in [0.29, 0.717) is 11.5 Å². The Hall–Kier alpha value is 0.230. The second-order valence-corrected chi connectivity index (χ2v) is 2.92. The van der Waals surface area contributed by atoms with Gasteiger partial charge in [0.25, 0.3) is 0 Å². The van der Waals surface area contributed by atoms with Gasteiger partial charge in [-0.15, -0.1) is 34.0 Å². The predicted molar refractivity (Wildman–Crippen MR) is 56.9 cm³/mol. The van der Waals surface area contributed by atoms with Crippen LogP contribution in [-0.2, 0) is 0 Å². The Morgan fingerprint density at radius 1 is 1.27 bits per heavy atom. The quantitative estimate of drug-likeness (QED) is 0.698. The van der Waals surface area contributed by atoms with Crippen LogP contribution in [0.15, 0.2) is 4.99 Å². The minimum Gasteiger partial charge on any atom is -0.370 e. The molecule has 0 aromatic heterocycles. The van der Waals surface area contributed by atoms with Crippen LogP contribution in [0.5, 0.6) is 0 Å². The molecular formula is C6H13Br2N3. The fourth-order valence-corrected chi connectivity index (χ4v) is 1.29. The van der Waals surface area contributed by atoms with Crippen molar-refractivity contribution in [1.29, 1.82) is 0 Å². The first-order chi connectivity index (χ1) is 4.31. The molecule has 1 fully saturated rings. The zero-order chi connectivity index (χ0) is 6.32. The van der Waals surface area contributed by atoms with Gasteiger partial charge in [-0.2, -0.15) is 0 Å². The molecule has 0 radical (unpaired) electrons. The van der Waals surface area contributed by atoms with Crippen molar-refractivity contribution in [2.75, 3.05) is 6.54 Å². The lowest BCUT2D eigenvalue weighted by Gasteiger charge is -2.21. The highest BCUT2D eigenvalue weighted by atomic mass is 79.9. The van der Waals surface area contributed by atoms with Crippen LogP contribution in [0, 0.1) is 0 Å². The van der Waals surface area contributed by atoms with Crippen molar-refractivity contribution in [3.8, 4) is 0 Å². The Morgan fingerprint density at radius 2 is 1.91 bits per heavy atom. The molecule has 0 saturated heterocycles. The first-order valence-electron chi connectivity index (χ1n) is 3.39. The molecule has 2 rings (SSSR count). The predicted octanol–water partition coefficient (Wildman–Crippen LogP) is 0.983. The molecule has 2 aliphatic rings. The SMILES string of the molecule is Br.Br.NC1=NCCC2(CC2)N1. The molecular weight excluding hydrogens is 274 g/mol. The smallest absolute Gasteiger partial charge is 0.189 e. The van der Waals surface area contributed by atoms with Crippen molar-refractivity contribution in [2.45, 2.75) is 24.8 Å². The molecule has 1 heterocycles. The normalized spacial score (nSPS) is 23.8. The van der Waals surface area contributed by atoms with Crippen molar-refractivity contribution in [3.05, 3.63) is 0 Å². The Balaban J connectivity index is 0.000000500. The number of nitrogens with zero attached hydrogens (tertiary/aromatic N) is 1. The number of hydrogen-bond acceptors (Lipinski definition) is 3. The van der Waals surface area contributed by atoms with Crippen molar-refractivity contribution in [1.82, 2.24) is 5.32 Å². The first kappa shape index (κ1) is 11.2. The van der Waals surface area contributed by atoms with E-state index in [2.05, 4.69) is 10.3 Å². The fraction of sp³-hybridized carbons (Fsp3) is 0.833. The van der Waals surface area contributed by atoms with Crippen LogP contribution < -0.4 is 11.1 Å². The lowest BCUT2D eigenvalue weighted by Crippen LogP contribution is -2.45. The molecule has 3 N–H and O–H groups in total. The Morgan fingerprint density at radius 3 is 2.27 bits per heavy atom. The fourth-order valence-electron chi connectivity index (χ4n) is 1.29. The van der Waals surface area contributed by atoms with Crippen molar-refractivity contribution in [3.63, 3.8) is 0 Å². The van der Waals surface area contributed by atoms with Crippen LogP contribution in [0.2, 0.25) is 0 Å². The second-order valence-electron chi connectivity index (χ2n) is 2.92. The molecule has 66 valence electrons. The number of halogens is 2. The summed E-state index contributed by atoms with van der Waals surface area (Å²) in [6.45, 7) is 0.916. The largest absolute Gasteiger partial charge is 0.370 e. The van der Waals surface area contributed by atoms with Gasteiger partial charge >= 0.3 is 0 Å². The molecule has 1 saturated carbocycles. The summed E-state index contributed by atoms with van der Waals surface area (Å²) in [5.41, 5.74) is 5.88. The molecule has 1 aliphatic carbocycles. The van der Waals surface area contributed by atoms with Crippen LogP contribution in [0.1, 0.15) is 19.3 Å². The van der Waals surface area contributed by atoms with Gasteiger partial charge < -0.3 is 11.1 Å². The summed E-state index contributed by atoms with van der Waals surface area (Å²) in [6.07, 6.45) is 3.74. The molecule has 11 heavy (non-hydrogen) atoms. The van der Waals surface area contributed by atoms with Crippen molar-refractivity contribution in [2.24, 2.45) is 10.7 Å². The standard InChI is InChI=1S/C6H11N3.2BrH/c7-5-8-4-3-6(9-5)1-2-6;;/h1-4H2,(H3,7,8,9);2*1H. The van der Waals surface area contributed by atoms with E-state index in [9.17, 15) is 0 Å². The van der Waals surface area contributed by atoms with E-state index < -0.39 is 0 Å². The van der Waals surface area contributed by atoms with Crippen LogP contribution in [0.4, 0.5) is 0 Å². The molecule has 1 aliphatic heterocycles. The molecule has 0 unspecified atom stereocenters. The van der Waals surface area contributed by atoms with E-state index in [1.165, 1.54) is 19.3 Å². The van der Waals surface area contributed by atoms with E-state index in [4.69, 9.17) is 5.73 Å². The molecule has 0 bridgehead atoms. The minimum absolute atomic E-state index is 0. The number of nitrogens with one attached hydrogen (secondary N) is 1. The first-order valence-corrected chi connectivity index (χ1v) is 3.39. The third-order valence-electron chi connectivity index (χ3n) is 2.12. The van der Waals surface area contributed by atoms with Gasteiger partial charge in [-0.05, 0) is 19.3 Å². The maximum absolute atomic E-state index is 5.49. The highest BCUT2D eigenvalue weighted by molar-refractivity contribution is 8.93. The number of nitrogens with two attached hydrogens (primary N) is 1. The molecule has 3 nitrogen and oxygen atoms in total. The molecule has 0 aromatic rings. The molecule has 5 heteroatoms. The highest BCUT2D eigenvalue weighted by Crippen LogP contribution is 2.39. The average Bonchev–Trinajstić information content (AvgIpc) is 2.49. The van der Waals surface area contributed by atoms with Crippen molar-refractivity contribution < 1.29 is 0 Å². The van der Waals surface area contributed by atoms with Gasteiger partial charge in [0.05, 0.1) is 0 Å². The average molecular weight is 287 g/mol. The second kappa shape index (κ2) is 3.76. The monoisotopic (exact) mass is 285 g/mol. The summed E-state index contributed by atoms with van der Waals surface area (Å²) in [7, 11) is 0. The maximum atomic E-state index is 5.49. The Bertz CT molecular complexity index is 165. The van der Waals surface area contributed by atoms with Gasteiger partial charge in [-0.1, -0.05) is 0 Å². The lowest BCUT2D eigenvalue weighted by molar-refractivity contribution is 0.529. The van der Waals surface area contributed by atoms with Crippen LogP contribution in [0.25, 0.3) is 0 Å². The van der Waals surface area contributed by atoms with E-state index in [0.717, 1.165) is 6.54 Å². The number of guanidine groups is 1. The zero-order valence-electron chi connectivity index (χ0n) is 6.17. The Labute approximate surface area is 87.4 Å². The number of rotatable bonds is 0. The molecule has 0 atom stereocenters. The summed E-state index contributed by atoms with van der Waals surface area (Å²) in [4.78, 5) is 4.05. The summed E-state index contributed by atoms with van der Waals surface area (Å²) in [5.74, 6) is 0.638. The summed E-state index contributed by atoms with van der Waals surface area (Å²) in [6, 6.07) is 0. The number of aliphatic imine (C=N–C) groups is 1. The van der Waals surface area contributed by atoms with Crippen LogP contribution in [0.3, 0.4) is 0 Å². The van der Waals surface area contributed by atoms with Gasteiger partial charge in [0.2, 0.25) is 0 Å². The molecule has 0 amide bonds. The minimum atomic E-state index is 0. The third kappa shape index (κ3) is 2.33. The summed E-state index contributed by atoms with van der Waals surface area (Å²) >= 11 is 0. The summed E-state index contributed by atoms with van der Waals surface area (Å²) < 4.78 is 0. The van der Waals surface area contributed by atoms with E-state index in [1.54, 1.807) is 0 Å². The number of hydrogen-bond donors (Lipinski definition) is 2. The maximum Gasteiger partial charge on any atom is 0.189 e. The van der Waals surface area contributed by atoms with Gasteiger partial charge in [0.15, 0.2) is 5.96 Å². The van der Waals surface area contributed by atoms with Gasteiger partial charge in [0.1, 0.15) is 0 Å². The summed E-state index contributed by atoms with van der Waals surface area (Å²) in [5, 5.41) is 3.19. The van der Waals surface area contributed by atoms with E-state index >= 15 is 0 Å². The zero-order valence-corrected chi connectivity index (χ0v) is 9.60. The molecule has 0 aromatic carbocycles. The molecule has 1 spiro atoms. The van der Waals surface area contributed by atoms with E-state index in [-0.39, 0.29) is 34.0 Å². The van der Waals surface area contributed by atoms with E-state index in [1.807, 2.05) is 0 Å². The highest BCUT2D eigenvalue weighted by Gasteiger charge is 2.43.